The van der Waals surface area contributed by atoms with Crippen molar-refractivity contribution in [1.82, 2.24) is 9.99 Å². The Morgan fingerprint density at radius 3 is 2.50 bits per heavy atom. The lowest BCUT2D eigenvalue weighted by Crippen LogP contribution is -2.17. The average molecular weight is 341 g/mol. The van der Waals surface area contributed by atoms with Gasteiger partial charge in [0.2, 0.25) is 0 Å². The molecule has 0 unspecified atom stereocenters. The number of benzene rings is 3. The van der Waals surface area contributed by atoms with Crippen LogP contribution in [-0.2, 0) is 6.54 Å². The zero-order chi connectivity index (χ0) is 17.9. The molecule has 0 fully saturated rings. The summed E-state index contributed by atoms with van der Waals surface area (Å²) in [5.41, 5.74) is 6.55. The molecule has 0 aliphatic carbocycles. The largest absolute Gasteiger partial charge is 0.341 e. The molecule has 4 heteroatoms. The van der Waals surface area contributed by atoms with Gasteiger partial charge >= 0.3 is 0 Å². The van der Waals surface area contributed by atoms with Crippen molar-refractivity contribution in [1.29, 1.82) is 0 Å². The maximum absolute atomic E-state index is 12.0. The summed E-state index contributed by atoms with van der Waals surface area (Å²) in [6.07, 6.45) is 1.68. The van der Waals surface area contributed by atoms with E-state index < -0.39 is 0 Å². The van der Waals surface area contributed by atoms with E-state index in [2.05, 4.69) is 58.4 Å². The van der Waals surface area contributed by atoms with Gasteiger partial charge in [-0.15, -0.1) is 0 Å². The molecule has 1 N–H and O–H groups in total. The highest BCUT2D eigenvalue weighted by Gasteiger charge is 2.09. The molecule has 4 nitrogen and oxygen atoms in total. The molecule has 0 bridgehead atoms. The fourth-order valence-electron chi connectivity index (χ4n) is 3.31. The molecular weight excluding hydrogens is 322 g/mol. The molecule has 0 saturated heterocycles. The predicted octanol–water partition coefficient (Wildman–Crippen LogP) is 4.58. The number of aryl methyl sites for hydroxylation is 1. The van der Waals surface area contributed by atoms with E-state index in [0.717, 1.165) is 12.1 Å². The molecule has 0 aliphatic rings. The molecule has 0 saturated carbocycles. The second kappa shape index (κ2) is 6.84. The van der Waals surface area contributed by atoms with Crippen molar-refractivity contribution < 1.29 is 4.79 Å². The van der Waals surface area contributed by atoms with Gasteiger partial charge in [-0.05, 0) is 42.8 Å². The second-order valence-corrected chi connectivity index (χ2v) is 6.10. The van der Waals surface area contributed by atoms with Crippen LogP contribution in [-0.4, -0.2) is 16.7 Å². The van der Waals surface area contributed by atoms with E-state index in [-0.39, 0.29) is 5.91 Å². The van der Waals surface area contributed by atoms with Crippen molar-refractivity contribution in [2.75, 3.05) is 0 Å². The maximum Gasteiger partial charge on any atom is 0.271 e. The van der Waals surface area contributed by atoms with Crippen molar-refractivity contribution in [3.8, 4) is 0 Å². The lowest BCUT2D eigenvalue weighted by molar-refractivity contribution is 0.0955. The molecule has 0 spiro atoms. The molecule has 26 heavy (non-hydrogen) atoms. The molecule has 4 rings (SSSR count). The van der Waals surface area contributed by atoms with Gasteiger partial charge in [0.05, 0.1) is 6.21 Å². The molecule has 4 aromatic rings. The van der Waals surface area contributed by atoms with Gasteiger partial charge in [0.1, 0.15) is 0 Å². The third kappa shape index (κ3) is 2.86. The summed E-state index contributed by atoms with van der Waals surface area (Å²) in [4.78, 5) is 12.0. The number of nitrogens with zero attached hydrogens (tertiary/aromatic N) is 2. The first-order valence-corrected chi connectivity index (χ1v) is 8.67. The first-order valence-electron chi connectivity index (χ1n) is 8.67. The van der Waals surface area contributed by atoms with E-state index in [4.69, 9.17) is 0 Å². The molecule has 1 amide bonds. The van der Waals surface area contributed by atoms with Crippen molar-refractivity contribution in [2.45, 2.75) is 13.5 Å². The number of hydrogen-bond acceptors (Lipinski definition) is 2. The Balaban J connectivity index is 1.63. The fraction of sp³-hybridized carbons (Fsp3) is 0.0909. The summed E-state index contributed by atoms with van der Waals surface area (Å²) in [6.45, 7) is 3.07. The second-order valence-electron chi connectivity index (χ2n) is 6.10. The van der Waals surface area contributed by atoms with Crippen LogP contribution >= 0.6 is 0 Å². The van der Waals surface area contributed by atoms with Gasteiger partial charge in [-0.25, -0.2) is 5.43 Å². The van der Waals surface area contributed by atoms with Crippen molar-refractivity contribution in [2.24, 2.45) is 5.10 Å². The standard InChI is InChI=1S/C22H19N3O/c1-2-25-20-11-7-6-10-18(20)19-14-16(12-13-21(19)25)15-23-24-22(26)17-8-4-3-5-9-17/h3-15H,2H2,1H3,(H,24,26)/b23-15-. The van der Waals surface area contributed by atoms with E-state index in [1.165, 1.54) is 21.8 Å². The summed E-state index contributed by atoms with van der Waals surface area (Å²) in [5, 5.41) is 6.53. The predicted molar refractivity (Wildman–Crippen MR) is 107 cm³/mol. The third-order valence-electron chi connectivity index (χ3n) is 4.53. The Hall–Kier alpha value is -3.40. The smallest absolute Gasteiger partial charge is 0.271 e. The van der Waals surface area contributed by atoms with Crippen LogP contribution in [0.1, 0.15) is 22.8 Å². The fourth-order valence-corrected chi connectivity index (χ4v) is 3.31. The molecule has 128 valence electrons. The van der Waals surface area contributed by atoms with Gasteiger partial charge in [0.25, 0.3) is 5.91 Å². The number of aromatic nitrogens is 1. The highest BCUT2D eigenvalue weighted by atomic mass is 16.2. The van der Waals surface area contributed by atoms with Gasteiger partial charge in [-0.1, -0.05) is 42.5 Å². The number of carbonyl (C=O) groups excluding carboxylic acids is 1. The van der Waals surface area contributed by atoms with Crippen molar-refractivity contribution in [3.05, 3.63) is 83.9 Å². The molecule has 3 aromatic carbocycles. The molecule has 0 aliphatic heterocycles. The minimum Gasteiger partial charge on any atom is -0.341 e. The minimum absolute atomic E-state index is 0.217. The number of hydrazone groups is 1. The van der Waals surface area contributed by atoms with Gasteiger partial charge < -0.3 is 4.57 Å². The summed E-state index contributed by atoms with van der Waals surface area (Å²) >= 11 is 0. The Bertz CT molecular complexity index is 1110. The monoisotopic (exact) mass is 341 g/mol. The van der Waals surface area contributed by atoms with Crippen molar-refractivity contribution in [3.63, 3.8) is 0 Å². The summed E-state index contributed by atoms with van der Waals surface area (Å²) < 4.78 is 2.31. The number of carbonyl (C=O) groups is 1. The number of amides is 1. The summed E-state index contributed by atoms with van der Waals surface area (Å²) in [6, 6.07) is 23.7. The van der Waals surface area contributed by atoms with Gasteiger partial charge in [-0.3, -0.25) is 4.79 Å². The van der Waals surface area contributed by atoms with Crippen molar-refractivity contribution >= 4 is 33.9 Å². The average Bonchev–Trinajstić information content (AvgIpc) is 3.01. The van der Waals surface area contributed by atoms with Gasteiger partial charge in [-0.2, -0.15) is 5.10 Å². The Labute approximate surface area is 151 Å². The van der Waals surface area contributed by atoms with Crippen LogP contribution in [0.25, 0.3) is 21.8 Å². The highest BCUT2D eigenvalue weighted by Crippen LogP contribution is 2.29. The first kappa shape index (κ1) is 16.1. The summed E-state index contributed by atoms with van der Waals surface area (Å²) in [5.74, 6) is -0.217. The lowest BCUT2D eigenvalue weighted by atomic mass is 10.1. The molecular formula is C22H19N3O. The van der Waals surface area contributed by atoms with E-state index in [1.54, 1.807) is 18.3 Å². The van der Waals surface area contributed by atoms with Crippen LogP contribution in [0.15, 0.2) is 77.9 Å². The van der Waals surface area contributed by atoms with Crippen LogP contribution in [0, 0.1) is 0 Å². The van der Waals surface area contributed by atoms with Crippen LogP contribution in [0.4, 0.5) is 0 Å². The van der Waals surface area contributed by atoms with Gasteiger partial charge in [0, 0.05) is 33.9 Å². The Kier molecular flexibility index (Phi) is 4.23. The van der Waals surface area contributed by atoms with Crippen LogP contribution in [0.2, 0.25) is 0 Å². The topological polar surface area (TPSA) is 46.4 Å². The lowest BCUT2D eigenvalue weighted by Gasteiger charge is -2.02. The van der Waals surface area contributed by atoms with Crippen LogP contribution in [0.5, 0.6) is 0 Å². The number of nitrogens with one attached hydrogen (secondary N) is 1. The van der Waals surface area contributed by atoms with E-state index in [9.17, 15) is 4.79 Å². The number of rotatable bonds is 4. The van der Waals surface area contributed by atoms with E-state index >= 15 is 0 Å². The third-order valence-corrected chi connectivity index (χ3v) is 4.53. The molecule has 0 atom stereocenters. The SMILES string of the molecule is CCn1c2ccccc2c2cc(/C=N\NC(=O)c3ccccc3)ccc21. The minimum atomic E-state index is -0.217. The van der Waals surface area contributed by atoms with Crippen LogP contribution in [0.3, 0.4) is 0 Å². The van der Waals surface area contributed by atoms with E-state index in [0.29, 0.717) is 5.56 Å². The number of hydrogen-bond donors (Lipinski definition) is 1. The Morgan fingerprint density at radius 1 is 0.962 bits per heavy atom. The Morgan fingerprint density at radius 2 is 1.69 bits per heavy atom. The zero-order valence-corrected chi connectivity index (χ0v) is 14.5. The number of fused-ring (bicyclic) bond motifs is 3. The van der Waals surface area contributed by atoms with E-state index in [1.807, 2.05) is 24.3 Å². The highest BCUT2D eigenvalue weighted by molar-refractivity contribution is 6.09. The maximum atomic E-state index is 12.0. The number of para-hydroxylation sites is 1. The normalized spacial score (nSPS) is 11.4. The zero-order valence-electron chi connectivity index (χ0n) is 14.5. The first-order chi connectivity index (χ1) is 12.8. The molecule has 1 aromatic heterocycles. The summed E-state index contributed by atoms with van der Waals surface area (Å²) in [7, 11) is 0. The van der Waals surface area contributed by atoms with Gasteiger partial charge in [0.15, 0.2) is 0 Å². The van der Waals surface area contributed by atoms with Crippen LogP contribution < -0.4 is 5.43 Å². The molecule has 0 radical (unpaired) electrons. The molecule has 1 heterocycles. The quantitative estimate of drug-likeness (QED) is 0.429.